The molecule has 0 saturated heterocycles. The summed E-state index contributed by atoms with van der Waals surface area (Å²) in [6.07, 6.45) is 0. The molecule has 1 aromatic carbocycles. The van der Waals surface area contributed by atoms with E-state index in [1.54, 1.807) is 0 Å². The molecule has 0 saturated carbocycles. The van der Waals surface area contributed by atoms with Crippen molar-refractivity contribution < 1.29 is 4.74 Å². The van der Waals surface area contributed by atoms with Crippen LogP contribution in [0.2, 0.25) is 0 Å². The number of para-hydroxylation sites is 1. The van der Waals surface area contributed by atoms with Gasteiger partial charge in [-0.3, -0.25) is 0 Å². The Kier molecular flexibility index (Phi) is 8.70. The number of hydrogen-bond donors (Lipinski definition) is 2. The van der Waals surface area contributed by atoms with E-state index >= 15 is 0 Å². The van der Waals surface area contributed by atoms with E-state index in [1.807, 2.05) is 39.0 Å². The minimum atomic E-state index is -0.0708. The zero-order valence-electron chi connectivity index (χ0n) is 13.6. The Bertz CT molecular complexity index is 453. The lowest BCUT2D eigenvalue weighted by molar-refractivity contribution is 0.323. The molecule has 4 nitrogen and oxygen atoms in total. The number of halogens is 1. The normalized spacial score (nSPS) is 12.0. The highest BCUT2D eigenvalue weighted by atomic mass is 127. The number of aliphatic imine (C=N–C) groups is 1. The van der Waals surface area contributed by atoms with Gasteiger partial charge in [0.1, 0.15) is 12.4 Å². The van der Waals surface area contributed by atoms with Crippen molar-refractivity contribution in [1.29, 1.82) is 0 Å². The number of nitrogens with two attached hydrogens (primary N) is 1. The van der Waals surface area contributed by atoms with Gasteiger partial charge in [-0.2, -0.15) is 0 Å². The van der Waals surface area contributed by atoms with Gasteiger partial charge in [0.25, 0.3) is 0 Å². The van der Waals surface area contributed by atoms with E-state index in [0.29, 0.717) is 25.0 Å². The zero-order valence-corrected chi connectivity index (χ0v) is 16.0. The molecule has 0 heterocycles. The van der Waals surface area contributed by atoms with E-state index in [-0.39, 0.29) is 29.5 Å². The molecule has 3 N–H and O–H groups in total. The SMILES string of the molecule is CC(C)c1ccccc1OCCN=C(N)NC(C)(C)C.I. The molecule has 0 unspecified atom stereocenters. The highest BCUT2D eigenvalue weighted by Crippen LogP contribution is 2.25. The summed E-state index contributed by atoms with van der Waals surface area (Å²) < 4.78 is 5.79. The van der Waals surface area contributed by atoms with E-state index < -0.39 is 0 Å². The average Bonchev–Trinajstić information content (AvgIpc) is 2.33. The second-order valence-electron chi connectivity index (χ2n) is 6.18. The van der Waals surface area contributed by atoms with Crippen molar-refractivity contribution in [3.8, 4) is 5.75 Å². The molecule has 5 heteroatoms. The van der Waals surface area contributed by atoms with Crippen molar-refractivity contribution in [2.75, 3.05) is 13.2 Å². The maximum Gasteiger partial charge on any atom is 0.189 e. The fourth-order valence-corrected chi connectivity index (χ4v) is 1.83. The van der Waals surface area contributed by atoms with Crippen LogP contribution < -0.4 is 15.8 Å². The molecule has 0 atom stereocenters. The topological polar surface area (TPSA) is 59.6 Å². The maximum absolute atomic E-state index is 5.80. The van der Waals surface area contributed by atoms with E-state index in [1.165, 1.54) is 5.56 Å². The van der Waals surface area contributed by atoms with Gasteiger partial charge in [0.05, 0.1) is 6.54 Å². The summed E-state index contributed by atoms with van der Waals surface area (Å²) in [6, 6.07) is 8.11. The summed E-state index contributed by atoms with van der Waals surface area (Å²) in [5, 5.41) is 3.12. The lowest BCUT2D eigenvalue weighted by Crippen LogP contribution is -2.45. The van der Waals surface area contributed by atoms with Crippen LogP contribution >= 0.6 is 24.0 Å². The predicted molar refractivity (Wildman–Crippen MR) is 101 cm³/mol. The number of hydrogen-bond acceptors (Lipinski definition) is 2. The molecule has 0 amide bonds. The monoisotopic (exact) mass is 405 g/mol. The lowest BCUT2D eigenvalue weighted by atomic mass is 10.0. The molecule has 0 spiro atoms. The highest BCUT2D eigenvalue weighted by molar-refractivity contribution is 14.0. The van der Waals surface area contributed by atoms with Crippen LogP contribution in [0.15, 0.2) is 29.3 Å². The van der Waals surface area contributed by atoms with Crippen LogP contribution in [0.3, 0.4) is 0 Å². The molecular formula is C16H28IN3O. The van der Waals surface area contributed by atoms with Crippen LogP contribution in [-0.4, -0.2) is 24.7 Å². The van der Waals surface area contributed by atoms with Gasteiger partial charge in [0, 0.05) is 5.54 Å². The van der Waals surface area contributed by atoms with Gasteiger partial charge in [-0.05, 0) is 38.3 Å². The highest BCUT2D eigenvalue weighted by Gasteiger charge is 2.09. The van der Waals surface area contributed by atoms with Gasteiger partial charge >= 0.3 is 0 Å². The lowest BCUT2D eigenvalue weighted by Gasteiger charge is -2.21. The Hall–Kier alpha value is -0.980. The van der Waals surface area contributed by atoms with Gasteiger partial charge in [-0.15, -0.1) is 24.0 Å². The van der Waals surface area contributed by atoms with Crippen LogP contribution in [0, 0.1) is 0 Å². The van der Waals surface area contributed by atoms with E-state index in [9.17, 15) is 0 Å². The third kappa shape index (κ3) is 8.14. The number of nitrogens with one attached hydrogen (secondary N) is 1. The molecule has 0 aliphatic rings. The Morgan fingerprint density at radius 2 is 1.90 bits per heavy atom. The van der Waals surface area contributed by atoms with Gasteiger partial charge < -0.3 is 15.8 Å². The molecule has 120 valence electrons. The van der Waals surface area contributed by atoms with Crippen LogP contribution in [0.4, 0.5) is 0 Å². The average molecular weight is 405 g/mol. The molecule has 0 aromatic heterocycles. The van der Waals surface area contributed by atoms with Crippen molar-refractivity contribution in [1.82, 2.24) is 5.32 Å². The Balaban J connectivity index is 0.00000400. The number of rotatable bonds is 5. The summed E-state index contributed by atoms with van der Waals surface area (Å²) in [6.45, 7) is 11.5. The number of ether oxygens (including phenoxy) is 1. The quantitative estimate of drug-likeness (QED) is 0.341. The zero-order chi connectivity index (χ0) is 15.2. The van der Waals surface area contributed by atoms with E-state index in [0.717, 1.165) is 5.75 Å². The fourth-order valence-electron chi connectivity index (χ4n) is 1.83. The van der Waals surface area contributed by atoms with Crippen LogP contribution in [0.1, 0.15) is 46.1 Å². The molecular weight excluding hydrogens is 377 g/mol. The second kappa shape index (κ2) is 9.12. The molecule has 0 bridgehead atoms. The Labute approximate surface area is 145 Å². The van der Waals surface area contributed by atoms with Crippen LogP contribution in [0.25, 0.3) is 0 Å². The van der Waals surface area contributed by atoms with Crippen molar-refractivity contribution >= 4 is 29.9 Å². The van der Waals surface area contributed by atoms with E-state index in [4.69, 9.17) is 10.5 Å². The first kappa shape index (κ1) is 20.0. The third-order valence-corrected chi connectivity index (χ3v) is 2.68. The molecule has 1 rings (SSSR count). The minimum Gasteiger partial charge on any atom is -0.491 e. The first-order valence-electron chi connectivity index (χ1n) is 7.09. The molecule has 1 aromatic rings. The Morgan fingerprint density at radius 3 is 2.48 bits per heavy atom. The van der Waals surface area contributed by atoms with Crippen molar-refractivity contribution in [2.45, 2.75) is 46.1 Å². The van der Waals surface area contributed by atoms with Crippen molar-refractivity contribution in [3.05, 3.63) is 29.8 Å². The molecule has 21 heavy (non-hydrogen) atoms. The maximum atomic E-state index is 5.80. The first-order chi connectivity index (χ1) is 9.29. The summed E-state index contributed by atoms with van der Waals surface area (Å²) in [5.74, 6) is 1.83. The van der Waals surface area contributed by atoms with Crippen LogP contribution in [-0.2, 0) is 0 Å². The van der Waals surface area contributed by atoms with Crippen LogP contribution in [0.5, 0.6) is 5.75 Å². The van der Waals surface area contributed by atoms with Gasteiger partial charge in [0.2, 0.25) is 0 Å². The number of nitrogens with zero attached hydrogens (tertiary/aromatic N) is 1. The summed E-state index contributed by atoms with van der Waals surface area (Å²) in [4.78, 5) is 4.26. The number of benzene rings is 1. The van der Waals surface area contributed by atoms with Crippen molar-refractivity contribution in [3.63, 3.8) is 0 Å². The van der Waals surface area contributed by atoms with E-state index in [2.05, 4.69) is 30.2 Å². The number of guanidine groups is 1. The largest absolute Gasteiger partial charge is 0.491 e. The molecule has 0 aliphatic carbocycles. The summed E-state index contributed by atoms with van der Waals surface area (Å²) in [7, 11) is 0. The summed E-state index contributed by atoms with van der Waals surface area (Å²) in [5.41, 5.74) is 6.95. The Morgan fingerprint density at radius 1 is 1.29 bits per heavy atom. The standard InChI is InChI=1S/C16H27N3O.HI/c1-12(2)13-8-6-7-9-14(13)20-11-10-18-15(17)19-16(3,4)5;/h6-9,12H,10-11H2,1-5H3,(H3,17,18,19);1H. The van der Waals surface area contributed by atoms with Gasteiger partial charge in [-0.1, -0.05) is 32.0 Å². The third-order valence-electron chi connectivity index (χ3n) is 2.68. The smallest absolute Gasteiger partial charge is 0.189 e. The van der Waals surface area contributed by atoms with Gasteiger partial charge in [0.15, 0.2) is 5.96 Å². The van der Waals surface area contributed by atoms with Gasteiger partial charge in [-0.25, -0.2) is 4.99 Å². The fraction of sp³-hybridized carbons (Fsp3) is 0.562. The first-order valence-corrected chi connectivity index (χ1v) is 7.09. The second-order valence-corrected chi connectivity index (χ2v) is 6.18. The molecule has 0 radical (unpaired) electrons. The predicted octanol–water partition coefficient (Wildman–Crippen LogP) is 3.51. The molecule has 0 fully saturated rings. The molecule has 0 aliphatic heterocycles. The minimum absolute atomic E-state index is 0. The van der Waals surface area contributed by atoms with Crippen molar-refractivity contribution in [2.24, 2.45) is 10.7 Å². The summed E-state index contributed by atoms with van der Waals surface area (Å²) >= 11 is 0.